The minimum absolute atomic E-state index is 0.0126. The monoisotopic (exact) mass is 265 g/mol. The van der Waals surface area contributed by atoms with Gasteiger partial charge in [0, 0.05) is 11.6 Å². The normalized spacial score (nSPS) is 12.2. The van der Waals surface area contributed by atoms with Crippen molar-refractivity contribution in [3.8, 4) is 5.88 Å². The fourth-order valence-electron chi connectivity index (χ4n) is 1.72. The van der Waals surface area contributed by atoms with Crippen molar-refractivity contribution in [2.45, 2.75) is 12.5 Å². The van der Waals surface area contributed by atoms with Crippen LogP contribution < -0.4 is 10.5 Å². The Balaban J connectivity index is 2.23. The first-order valence-electron chi connectivity index (χ1n) is 5.66. The molecule has 0 bridgehead atoms. The molecule has 100 valence electrons. The first-order valence-corrected chi connectivity index (χ1v) is 5.66. The molecule has 1 aromatic heterocycles. The molecule has 6 heteroatoms. The molecule has 0 aliphatic heterocycles. The summed E-state index contributed by atoms with van der Waals surface area (Å²) in [5, 5.41) is 0. The van der Waals surface area contributed by atoms with Crippen molar-refractivity contribution in [2.75, 3.05) is 7.11 Å². The highest BCUT2D eigenvalue weighted by Gasteiger charge is 2.15. The molecule has 0 saturated heterocycles. The Morgan fingerprint density at radius 2 is 1.95 bits per heavy atom. The Kier molecular flexibility index (Phi) is 4.01. The third-order valence-electron chi connectivity index (χ3n) is 2.74. The molecule has 0 amide bonds. The molecule has 2 aromatic rings. The van der Waals surface area contributed by atoms with Gasteiger partial charge in [-0.3, -0.25) is 0 Å². The zero-order valence-electron chi connectivity index (χ0n) is 10.3. The second kappa shape index (κ2) is 5.71. The maximum atomic E-state index is 13.5. The number of nitrogens with two attached hydrogens (primary N) is 1. The van der Waals surface area contributed by atoms with E-state index in [-0.39, 0.29) is 12.0 Å². The molecule has 2 rings (SSSR count). The van der Waals surface area contributed by atoms with Crippen LogP contribution in [0.5, 0.6) is 5.88 Å². The molecule has 0 radical (unpaired) electrons. The van der Waals surface area contributed by atoms with E-state index >= 15 is 0 Å². The fourth-order valence-corrected chi connectivity index (χ4v) is 1.72. The van der Waals surface area contributed by atoms with E-state index in [0.29, 0.717) is 11.6 Å². The third kappa shape index (κ3) is 3.03. The Bertz CT molecular complexity index is 557. The number of hydrogen-bond donors (Lipinski definition) is 1. The van der Waals surface area contributed by atoms with Gasteiger partial charge in [-0.15, -0.1) is 0 Å². The summed E-state index contributed by atoms with van der Waals surface area (Å²) in [5.74, 6) is -0.873. The van der Waals surface area contributed by atoms with Crippen LogP contribution in [-0.2, 0) is 6.42 Å². The van der Waals surface area contributed by atoms with Crippen molar-refractivity contribution >= 4 is 0 Å². The Morgan fingerprint density at radius 3 is 2.58 bits per heavy atom. The average Bonchev–Trinajstić information content (AvgIpc) is 2.43. The highest BCUT2D eigenvalue weighted by Crippen LogP contribution is 2.20. The van der Waals surface area contributed by atoms with Crippen molar-refractivity contribution in [1.29, 1.82) is 0 Å². The van der Waals surface area contributed by atoms with Gasteiger partial charge < -0.3 is 10.5 Å². The largest absolute Gasteiger partial charge is 0.481 e. The van der Waals surface area contributed by atoms with Gasteiger partial charge in [-0.05, 0) is 18.6 Å². The van der Waals surface area contributed by atoms with Gasteiger partial charge in [0.25, 0.3) is 0 Å². The average molecular weight is 265 g/mol. The summed E-state index contributed by atoms with van der Waals surface area (Å²) >= 11 is 0. The summed E-state index contributed by atoms with van der Waals surface area (Å²) in [5.41, 5.74) is 6.33. The van der Waals surface area contributed by atoms with Crippen molar-refractivity contribution in [3.63, 3.8) is 0 Å². The molecule has 1 atom stereocenters. The van der Waals surface area contributed by atoms with Gasteiger partial charge in [-0.25, -0.2) is 18.7 Å². The molecule has 0 aliphatic carbocycles. The predicted molar refractivity (Wildman–Crippen MR) is 65.6 cm³/mol. The lowest BCUT2D eigenvalue weighted by atomic mass is 10.0. The van der Waals surface area contributed by atoms with Crippen LogP contribution in [-0.4, -0.2) is 17.1 Å². The lowest BCUT2D eigenvalue weighted by Gasteiger charge is -2.12. The topological polar surface area (TPSA) is 61.0 Å². The van der Waals surface area contributed by atoms with Crippen LogP contribution >= 0.6 is 0 Å². The maximum absolute atomic E-state index is 13.5. The zero-order valence-corrected chi connectivity index (χ0v) is 10.3. The zero-order chi connectivity index (χ0) is 13.8. The van der Waals surface area contributed by atoms with Gasteiger partial charge in [-0.2, -0.15) is 0 Å². The van der Waals surface area contributed by atoms with Crippen LogP contribution in [0.4, 0.5) is 8.78 Å². The number of halogens is 2. The van der Waals surface area contributed by atoms with E-state index in [1.165, 1.54) is 31.6 Å². The van der Waals surface area contributed by atoms with Crippen LogP contribution in [0.1, 0.15) is 17.3 Å². The summed E-state index contributed by atoms with van der Waals surface area (Å²) in [4.78, 5) is 7.83. The quantitative estimate of drug-likeness (QED) is 0.918. The number of ether oxygens (including phenoxy) is 1. The molecule has 0 saturated carbocycles. The number of hydrogen-bond acceptors (Lipinski definition) is 4. The molecular formula is C13H13F2N3O. The standard InChI is InChI=1S/C13H13F2N3O/c1-19-13-6-12(17-7-18-13)11(16)5-8-9(14)3-2-4-10(8)15/h2-4,6-7,11H,5,16H2,1H3. The van der Waals surface area contributed by atoms with E-state index < -0.39 is 17.7 Å². The van der Waals surface area contributed by atoms with E-state index in [1.54, 1.807) is 6.07 Å². The van der Waals surface area contributed by atoms with E-state index in [1.807, 2.05) is 0 Å². The highest BCUT2D eigenvalue weighted by atomic mass is 19.1. The second-order valence-corrected chi connectivity index (χ2v) is 4.00. The summed E-state index contributed by atoms with van der Waals surface area (Å²) in [6.45, 7) is 0. The van der Waals surface area contributed by atoms with Crippen LogP contribution in [0.15, 0.2) is 30.6 Å². The molecule has 1 aromatic carbocycles. The summed E-state index contributed by atoms with van der Waals surface area (Å²) < 4.78 is 32.0. The Hall–Kier alpha value is -2.08. The van der Waals surface area contributed by atoms with Crippen LogP contribution in [0.25, 0.3) is 0 Å². The smallest absolute Gasteiger partial charge is 0.216 e. The summed E-state index contributed by atoms with van der Waals surface area (Å²) in [7, 11) is 1.47. The molecule has 2 N–H and O–H groups in total. The molecule has 1 heterocycles. The second-order valence-electron chi connectivity index (χ2n) is 4.00. The van der Waals surface area contributed by atoms with Gasteiger partial charge in [0.1, 0.15) is 18.0 Å². The molecule has 4 nitrogen and oxygen atoms in total. The third-order valence-corrected chi connectivity index (χ3v) is 2.74. The minimum Gasteiger partial charge on any atom is -0.481 e. The van der Waals surface area contributed by atoms with Crippen LogP contribution in [0.3, 0.4) is 0 Å². The first-order chi connectivity index (χ1) is 9.11. The van der Waals surface area contributed by atoms with E-state index in [4.69, 9.17) is 10.5 Å². The first kappa shape index (κ1) is 13.4. The summed E-state index contributed by atoms with van der Waals surface area (Å²) in [6.07, 6.45) is 1.31. The Morgan fingerprint density at radius 1 is 1.26 bits per heavy atom. The molecule has 1 unspecified atom stereocenters. The van der Waals surface area contributed by atoms with Gasteiger partial charge in [0.15, 0.2) is 0 Å². The maximum Gasteiger partial charge on any atom is 0.216 e. The Labute approximate surface area is 109 Å². The van der Waals surface area contributed by atoms with Gasteiger partial charge in [0.2, 0.25) is 5.88 Å². The molecule has 0 spiro atoms. The highest BCUT2D eigenvalue weighted by molar-refractivity contribution is 5.24. The predicted octanol–water partition coefficient (Wildman–Crippen LogP) is 2.01. The van der Waals surface area contributed by atoms with Crippen LogP contribution in [0, 0.1) is 11.6 Å². The molecule has 0 aliphatic rings. The summed E-state index contributed by atoms with van der Waals surface area (Å²) in [6, 6.07) is 4.62. The van der Waals surface area contributed by atoms with Gasteiger partial charge in [-0.1, -0.05) is 6.07 Å². The van der Waals surface area contributed by atoms with Crippen molar-refractivity contribution < 1.29 is 13.5 Å². The number of benzene rings is 1. The lowest BCUT2D eigenvalue weighted by Crippen LogP contribution is -2.17. The van der Waals surface area contributed by atoms with E-state index in [2.05, 4.69) is 9.97 Å². The fraction of sp³-hybridized carbons (Fsp3) is 0.231. The number of rotatable bonds is 4. The van der Waals surface area contributed by atoms with E-state index in [9.17, 15) is 8.78 Å². The lowest BCUT2D eigenvalue weighted by molar-refractivity contribution is 0.395. The minimum atomic E-state index is -0.636. The molecular weight excluding hydrogens is 252 g/mol. The van der Waals surface area contributed by atoms with Gasteiger partial charge >= 0.3 is 0 Å². The van der Waals surface area contributed by atoms with Gasteiger partial charge in [0.05, 0.1) is 18.8 Å². The van der Waals surface area contributed by atoms with E-state index in [0.717, 1.165) is 0 Å². The SMILES string of the molecule is COc1cc(C(N)Cc2c(F)cccc2F)ncn1. The number of methoxy groups -OCH3 is 1. The molecule has 19 heavy (non-hydrogen) atoms. The van der Waals surface area contributed by atoms with Crippen molar-refractivity contribution in [3.05, 3.63) is 53.5 Å². The van der Waals surface area contributed by atoms with Crippen molar-refractivity contribution in [2.24, 2.45) is 5.73 Å². The van der Waals surface area contributed by atoms with Crippen LogP contribution in [0.2, 0.25) is 0 Å². The van der Waals surface area contributed by atoms with Crippen molar-refractivity contribution in [1.82, 2.24) is 9.97 Å². The number of aromatic nitrogens is 2. The molecule has 0 fully saturated rings. The number of nitrogens with zero attached hydrogens (tertiary/aromatic N) is 2.